The van der Waals surface area contributed by atoms with E-state index in [9.17, 15) is 9.59 Å². The van der Waals surface area contributed by atoms with Crippen LogP contribution in [0.15, 0.2) is 12.1 Å². The van der Waals surface area contributed by atoms with Crippen LogP contribution in [0, 0.1) is 0 Å². The van der Waals surface area contributed by atoms with Crippen LogP contribution in [0.4, 0.5) is 0 Å². The van der Waals surface area contributed by atoms with Crippen molar-refractivity contribution in [1.82, 2.24) is 0 Å². The van der Waals surface area contributed by atoms with Crippen LogP contribution in [0.1, 0.15) is 84.0 Å². The van der Waals surface area contributed by atoms with Crippen molar-refractivity contribution in [2.45, 2.75) is 84.0 Å². The number of unbranched alkanes of at least 4 members (excludes halogenated alkanes) is 8. The minimum absolute atomic E-state index is 0.0405. The summed E-state index contributed by atoms with van der Waals surface area (Å²) < 4.78 is 10.4. The largest absolute Gasteiger partial charge is 0.466 e. The molecule has 0 radical (unpaired) electrons. The fraction of sp³-hybridized carbons (Fsp3) is 0.636. The van der Waals surface area contributed by atoms with E-state index >= 15 is 0 Å². The van der Waals surface area contributed by atoms with Gasteiger partial charge >= 0.3 is 11.9 Å². The molecule has 0 spiro atoms. The van der Waals surface area contributed by atoms with Gasteiger partial charge in [-0.2, -0.15) is 0 Å². The Balaban J connectivity index is 2.06. The Labute approximate surface area is 189 Å². The number of halogens is 3. The molecule has 0 fully saturated rings. The maximum absolute atomic E-state index is 11.9. The first-order valence-corrected chi connectivity index (χ1v) is 11.6. The van der Waals surface area contributed by atoms with Crippen molar-refractivity contribution >= 4 is 46.7 Å². The molecule has 0 amide bonds. The molecule has 164 valence electrons. The highest BCUT2D eigenvalue weighted by Gasteiger charge is 2.15. The van der Waals surface area contributed by atoms with Gasteiger partial charge in [-0.05, 0) is 25.0 Å². The third-order valence-electron chi connectivity index (χ3n) is 4.49. The molecule has 0 bridgehead atoms. The molecule has 0 saturated heterocycles. The Morgan fingerprint density at radius 2 is 1.31 bits per heavy atom. The zero-order valence-electron chi connectivity index (χ0n) is 17.1. The summed E-state index contributed by atoms with van der Waals surface area (Å²) in [6, 6.07) is 3.02. The van der Waals surface area contributed by atoms with E-state index in [1.165, 1.54) is 57.1 Å². The van der Waals surface area contributed by atoms with E-state index in [-0.39, 0.29) is 39.6 Å². The lowest BCUT2D eigenvalue weighted by Crippen LogP contribution is -2.11. The molecule has 7 heteroatoms. The topological polar surface area (TPSA) is 52.6 Å². The number of esters is 2. The summed E-state index contributed by atoms with van der Waals surface area (Å²) in [7, 11) is 0. The van der Waals surface area contributed by atoms with Gasteiger partial charge in [0.2, 0.25) is 0 Å². The van der Waals surface area contributed by atoms with Crippen LogP contribution in [-0.2, 0) is 14.3 Å². The highest BCUT2D eigenvalue weighted by atomic mass is 35.5. The average Bonchev–Trinajstić information content (AvgIpc) is 2.69. The van der Waals surface area contributed by atoms with Crippen LogP contribution >= 0.6 is 34.8 Å². The van der Waals surface area contributed by atoms with Crippen molar-refractivity contribution in [1.29, 1.82) is 0 Å². The fourth-order valence-electron chi connectivity index (χ4n) is 2.81. The van der Waals surface area contributed by atoms with E-state index in [0.29, 0.717) is 13.0 Å². The van der Waals surface area contributed by atoms with Gasteiger partial charge in [-0.1, -0.05) is 93.1 Å². The zero-order valence-corrected chi connectivity index (χ0v) is 19.4. The summed E-state index contributed by atoms with van der Waals surface area (Å²) in [5.74, 6) is -0.780. The fourth-order valence-corrected chi connectivity index (χ4v) is 3.41. The lowest BCUT2D eigenvalue weighted by Gasteiger charge is -2.09. The molecule has 0 heterocycles. The Morgan fingerprint density at radius 1 is 0.759 bits per heavy atom. The molecule has 0 saturated carbocycles. The lowest BCUT2D eigenvalue weighted by atomic mass is 10.1. The Kier molecular flexibility index (Phi) is 14.2. The minimum Gasteiger partial charge on any atom is -0.466 e. The van der Waals surface area contributed by atoms with Gasteiger partial charge in [0.05, 0.1) is 16.7 Å². The average molecular weight is 466 g/mol. The maximum Gasteiger partial charge on any atom is 0.311 e. The summed E-state index contributed by atoms with van der Waals surface area (Å²) in [6.07, 6.45) is 11.5. The van der Waals surface area contributed by atoms with Gasteiger partial charge in [0, 0.05) is 12.8 Å². The van der Waals surface area contributed by atoms with Crippen LogP contribution < -0.4 is 4.74 Å². The predicted molar refractivity (Wildman–Crippen MR) is 119 cm³/mol. The van der Waals surface area contributed by atoms with E-state index < -0.39 is 5.97 Å². The first kappa shape index (κ1) is 26.1. The van der Waals surface area contributed by atoms with Gasteiger partial charge in [0.25, 0.3) is 0 Å². The predicted octanol–water partition coefficient (Wildman–Crippen LogP) is 7.80. The summed E-state index contributed by atoms with van der Waals surface area (Å²) in [5, 5.41) is 0.542. The number of ether oxygens (including phenoxy) is 2. The van der Waals surface area contributed by atoms with Crippen molar-refractivity contribution < 1.29 is 19.1 Å². The second-order valence-corrected chi connectivity index (χ2v) is 8.24. The van der Waals surface area contributed by atoms with Crippen molar-refractivity contribution in [3.63, 3.8) is 0 Å². The Hall–Kier alpha value is -0.970. The monoisotopic (exact) mass is 464 g/mol. The number of benzene rings is 1. The third-order valence-corrected chi connectivity index (χ3v) is 5.58. The highest BCUT2D eigenvalue weighted by molar-refractivity contribution is 6.44. The molecule has 0 atom stereocenters. The normalized spacial score (nSPS) is 10.8. The van der Waals surface area contributed by atoms with E-state index in [1.807, 2.05) is 0 Å². The van der Waals surface area contributed by atoms with Gasteiger partial charge in [0.1, 0.15) is 5.02 Å². The number of carbonyl (C=O) groups excluding carboxylic acids is 2. The first-order valence-electron chi connectivity index (χ1n) is 10.5. The molecule has 0 aliphatic rings. The number of rotatable bonds is 15. The van der Waals surface area contributed by atoms with Crippen LogP contribution in [0.2, 0.25) is 15.1 Å². The number of hydrogen-bond donors (Lipinski definition) is 0. The Morgan fingerprint density at radius 3 is 1.97 bits per heavy atom. The van der Waals surface area contributed by atoms with Crippen molar-refractivity contribution in [2.24, 2.45) is 0 Å². The molecule has 0 unspecified atom stereocenters. The molecule has 1 aromatic carbocycles. The van der Waals surface area contributed by atoms with Gasteiger partial charge < -0.3 is 9.47 Å². The molecule has 0 aliphatic carbocycles. The second-order valence-electron chi connectivity index (χ2n) is 7.05. The first-order chi connectivity index (χ1) is 14.0. The summed E-state index contributed by atoms with van der Waals surface area (Å²) in [6.45, 7) is 2.66. The van der Waals surface area contributed by atoms with E-state index in [0.717, 1.165) is 12.8 Å². The molecule has 1 rings (SSSR count). The molecular formula is C22H31Cl3O4. The summed E-state index contributed by atoms with van der Waals surface area (Å²) in [4.78, 5) is 23.7. The number of carbonyl (C=O) groups is 2. The zero-order chi connectivity index (χ0) is 21.5. The third kappa shape index (κ3) is 11.7. The Bertz CT molecular complexity index is 635. The quantitative estimate of drug-likeness (QED) is 0.115. The molecule has 4 nitrogen and oxygen atoms in total. The van der Waals surface area contributed by atoms with E-state index in [2.05, 4.69) is 6.92 Å². The van der Waals surface area contributed by atoms with E-state index in [1.54, 1.807) is 0 Å². The molecular weight excluding hydrogens is 435 g/mol. The minimum atomic E-state index is -0.525. The maximum atomic E-state index is 11.9. The smallest absolute Gasteiger partial charge is 0.311 e. The highest BCUT2D eigenvalue weighted by Crippen LogP contribution is 2.38. The lowest BCUT2D eigenvalue weighted by molar-refractivity contribution is -0.144. The molecule has 29 heavy (non-hydrogen) atoms. The summed E-state index contributed by atoms with van der Waals surface area (Å²) >= 11 is 17.8. The standard InChI is InChI=1S/C22H31Cl3O4/c1-2-3-4-5-6-7-8-9-10-16-28-19(26)12-11-13-20(27)29-22-18(24)15-14-17(23)21(22)25/h14-15H,2-13,16H2,1H3. The van der Waals surface area contributed by atoms with E-state index in [4.69, 9.17) is 44.3 Å². The van der Waals surface area contributed by atoms with Gasteiger partial charge in [0.15, 0.2) is 5.75 Å². The molecule has 0 aliphatic heterocycles. The molecule has 0 aromatic heterocycles. The van der Waals surface area contributed by atoms with Crippen molar-refractivity contribution in [3.8, 4) is 5.75 Å². The van der Waals surface area contributed by atoms with Gasteiger partial charge in [-0.25, -0.2) is 0 Å². The van der Waals surface area contributed by atoms with Gasteiger partial charge in [-0.15, -0.1) is 0 Å². The second kappa shape index (κ2) is 15.8. The summed E-state index contributed by atoms with van der Waals surface area (Å²) in [5.41, 5.74) is 0. The molecule has 0 N–H and O–H groups in total. The van der Waals surface area contributed by atoms with Crippen molar-refractivity contribution in [2.75, 3.05) is 6.61 Å². The van der Waals surface area contributed by atoms with Crippen LogP contribution in [0.3, 0.4) is 0 Å². The SMILES string of the molecule is CCCCCCCCCCCOC(=O)CCCC(=O)Oc1c(Cl)ccc(Cl)c1Cl. The van der Waals surface area contributed by atoms with Crippen LogP contribution in [-0.4, -0.2) is 18.5 Å². The van der Waals surface area contributed by atoms with Crippen molar-refractivity contribution in [3.05, 3.63) is 27.2 Å². The van der Waals surface area contributed by atoms with Crippen LogP contribution in [0.5, 0.6) is 5.75 Å². The van der Waals surface area contributed by atoms with Crippen LogP contribution in [0.25, 0.3) is 0 Å². The molecule has 1 aromatic rings. The van der Waals surface area contributed by atoms with Gasteiger partial charge in [-0.3, -0.25) is 9.59 Å². The number of hydrogen-bond acceptors (Lipinski definition) is 4.